The minimum atomic E-state index is -0.346. The molecule has 0 bridgehead atoms. The third-order valence-electron chi connectivity index (χ3n) is 3.31. The Bertz CT molecular complexity index is 851. The van der Waals surface area contributed by atoms with Gasteiger partial charge in [-0.05, 0) is 31.0 Å². The quantitative estimate of drug-likeness (QED) is 0.782. The van der Waals surface area contributed by atoms with Crippen molar-refractivity contribution in [2.75, 3.05) is 0 Å². The Hall–Kier alpha value is -2.01. The molecular formula is C15H13FN2OS. The maximum Gasteiger partial charge on any atom is 0.260 e. The third-order valence-corrected chi connectivity index (χ3v) is 4.36. The van der Waals surface area contributed by atoms with Gasteiger partial charge in [-0.1, -0.05) is 19.1 Å². The van der Waals surface area contributed by atoms with Gasteiger partial charge in [0, 0.05) is 10.4 Å². The summed E-state index contributed by atoms with van der Waals surface area (Å²) < 4.78 is 13.3. The van der Waals surface area contributed by atoms with Crippen molar-refractivity contribution < 1.29 is 4.39 Å². The number of thiophene rings is 1. The van der Waals surface area contributed by atoms with Crippen molar-refractivity contribution in [3.05, 3.63) is 50.9 Å². The lowest BCUT2D eigenvalue weighted by atomic mass is 10.1. The number of benzene rings is 1. The van der Waals surface area contributed by atoms with Crippen LogP contribution in [-0.4, -0.2) is 9.97 Å². The van der Waals surface area contributed by atoms with Gasteiger partial charge >= 0.3 is 0 Å². The summed E-state index contributed by atoms with van der Waals surface area (Å²) in [5.74, 6) is 0.0627. The van der Waals surface area contributed by atoms with Crippen molar-refractivity contribution in [3.8, 4) is 11.4 Å². The summed E-state index contributed by atoms with van der Waals surface area (Å²) in [7, 11) is 0. The molecule has 1 aromatic carbocycles. The summed E-state index contributed by atoms with van der Waals surface area (Å²) in [6.45, 7) is 4.01. The number of hydrogen-bond acceptors (Lipinski definition) is 3. The lowest BCUT2D eigenvalue weighted by Crippen LogP contribution is -2.09. The summed E-state index contributed by atoms with van der Waals surface area (Å²) in [5, 5.41) is 0.662. The standard InChI is InChI=1S/C15H13FN2OS/c1-3-11-8(2)20-15-12(11)14(19)17-13(18-15)9-5-4-6-10(16)7-9/h4-7H,3H2,1-2H3,(H,17,18,19). The lowest BCUT2D eigenvalue weighted by Gasteiger charge is -2.01. The summed E-state index contributed by atoms with van der Waals surface area (Å²) in [6.07, 6.45) is 0.801. The van der Waals surface area contributed by atoms with Crippen LogP contribution in [0.1, 0.15) is 17.4 Å². The number of hydrogen-bond donors (Lipinski definition) is 1. The van der Waals surface area contributed by atoms with Crippen LogP contribution in [0.15, 0.2) is 29.1 Å². The number of aromatic amines is 1. The molecule has 0 aliphatic heterocycles. The van der Waals surface area contributed by atoms with E-state index in [-0.39, 0.29) is 11.4 Å². The second-order valence-electron chi connectivity index (χ2n) is 4.60. The molecule has 2 aromatic heterocycles. The second kappa shape index (κ2) is 4.83. The van der Waals surface area contributed by atoms with E-state index in [1.54, 1.807) is 12.1 Å². The van der Waals surface area contributed by atoms with Gasteiger partial charge in [0.15, 0.2) is 0 Å². The van der Waals surface area contributed by atoms with Gasteiger partial charge in [-0.25, -0.2) is 9.37 Å². The minimum absolute atomic E-state index is 0.157. The molecule has 102 valence electrons. The van der Waals surface area contributed by atoms with E-state index in [4.69, 9.17) is 0 Å². The summed E-state index contributed by atoms with van der Waals surface area (Å²) in [5.41, 5.74) is 1.47. The highest BCUT2D eigenvalue weighted by Gasteiger charge is 2.14. The van der Waals surface area contributed by atoms with Gasteiger partial charge in [0.25, 0.3) is 5.56 Å². The van der Waals surface area contributed by atoms with Crippen LogP contribution in [-0.2, 0) is 6.42 Å². The van der Waals surface area contributed by atoms with Crippen molar-refractivity contribution in [1.82, 2.24) is 9.97 Å². The van der Waals surface area contributed by atoms with Crippen LogP contribution in [0.4, 0.5) is 4.39 Å². The SMILES string of the molecule is CCc1c(C)sc2nc(-c3cccc(F)c3)[nH]c(=O)c12. The zero-order valence-corrected chi connectivity index (χ0v) is 12.0. The average molecular weight is 288 g/mol. The van der Waals surface area contributed by atoms with Crippen LogP contribution in [0.5, 0.6) is 0 Å². The van der Waals surface area contributed by atoms with Crippen LogP contribution in [0.2, 0.25) is 0 Å². The molecular weight excluding hydrogens is 275 g/mol. The monoisotopic (exact) mass is 288 g/mol. The molecule has 0 aliphatic rings. The number of nitrogens with one attached hydrogen (secondary N) is 1. The van der Waals surface area contributed by atoms with Crippen LogP contribution < -0.4 is 5.56 Å². The maximum atomic E-state index is 13.3. The highest BCUT2D eigenvalue weighted by atomic mass is 32.1. The van der Waals surface area contributed by atoms with Crippen molar-refractivity contribution in [3.63, 3.8) is 0 Å². The zero-order chi connectivity index (χ0) is 14.3. The summed E-state index contributed by atoms with van der Waals surface area (Å²) >= 11 is 1.51. The molecule has 0 amide bonds. The van der Waals surface area contributed by atoms with E-state index in [1.807, 2.05) is 13.8 Å². The predicted octanol–water partition coefficient (Wildman–Crippen LogP) is 3.66. The van der Waals surface area contributed by atoms with Gasteiger partial charge in [-0.3, -0.25) is 4.79 Å². The number of aromatic nitrogens is 2. The first-order valence-electron chi connectivity index (χ1n) is 6.38. The Balaban J connectivity index is 2.28. The van der Waals surface area contributed by atoms with Gasteiger partial charge in [-0.2, -0.15) is 0 Å². The number of H-pyrrole nitrogens is 1. The van der Waals surface area contributed by atoms with Crippen molar-refractivity contribution >= 4 is 21.6 Å². The Morgan fingerprint density at radius 3 is 2.90 bits per heavy atom. The number of halogens is 1. The highest BCUT2D eigenvalue weighted by molar-refractivity contribution is 7.18. The lowest BCUT2D eigenvalue weighted by molar-refractivity contribution is 0.628. The fraction of sp³-hybridized carbons (Fsp3) is 0.200. The van der Waals surface area contributed by atoms with Gasteiger partial charge in [0.05, 0.1) is 5.39 Å². The first-order valence-corrected chi connectivity index (χ1v) is 7.20. The zero-order valence-electron chi connectivity index (χ0n) is 11.2. The molecule has 0 saturated heterocycles. The molecule has 3 aromatic rings. The van der Waals surface area contributed by atoms with E-state index in [0.29, 0.717) is 21.6 Å². The van der Waals surface area contributed by atoms with E-state index < -0.39 is 0 Å². The van der Waals surface area contributed by atoms with Gasteiger partial charge in [-0.15, -0.1) is 11.3 Å². The van der Waals surface area contributed by atoms with Crippen molar-refractivity contribution in [1.29, 1.82) is 0 Å². The minimum Gasteiger partial charge on any atom is -0.306 e. The fourth-order valence-corrected chi connectivity index (χ4v) is 3.49. The van der Waals surface area contributed by atoms with E-state index in [2.05, 4.69) is 9.97 Å². The molecule has 0 saturated carbocycles. The molecule has 0 unspecified atom stereocenters. The molecule has 5 heteroatoms. The molecule has 2 heterocycles. The van der Waals surface area contributed by atoms with Gasteiger partial charge < -0.3 is 4.98 Å². The Labute approximate surface area is 119 Å². The van der Waals surface area contributed by atoms with Crippen molar-refractivity contribution in [2.24, 2.45) is 0 Å². The molecule has 3 rings (SSSR count). The van der Waals surface area contributed by atoms with Crippen LogP contribution in [0.25, 0.3) is 21.6 Å². The molecule has 1 N–H and O–H groups in total. The fourth-order valence-electron chi connectivity index (χ4n) is 2.37. The maximum absolute atomic E-state index is 13.3. The first-order chi connectivity index (χ1) is 9.60. The molecule has 0 atom stereocenters. The van der Waals surface area contributed by atoms with Crippen LogP contribution in [0.3, 0.4) is 0 Å². The molecule has 0 radical (unpaired) electrons. The largest absolute Gasteiger partial charge is 0.306 e. The Kier molecular flexibility index (Phi) is 3.14. The smallest absolute Gasteiger partial charge is 0.260 e. The van der Waals surface area contributed by atoms with Gasteiger partial charge in [0.2, 0.25) is 0 Å². The Morgan fingerprint density at radius 1 is 1.40 bits per heavy atom. The van der Waals surface area contributed by atoms with E-state index in [9.17, 15) is 9.18 Å². The van der Waals surface area contributed by atoms with E-state index in [0.717, 1.165) is 16.9 Å². The second-order valence-corrected chi connectivity index (χ2v) is 5.80. The predicted molar refractivity (Wildman–Crippen MR) is 79.7 cm³/mol. The van der Waals surface area contributed by atoms with Crippen LogP contribution >= 0.6 is 11.3 Å². The number of rotatable bonds is 2. The van der Waals surface area contributed by atoms with Crippen LogP contribution in [0, 0.1) is 12.7 Å². The highest BCUT2D eigenvalue weighted by Crippen LogP contribution is 2.28. The normalized spacial score (nSPS) is 11.2. The van der Waals surface area contributed by atoms with Crippen molar-refractivity contribution in [2.45, 2.75) is 20.3 Å². The van der Waals surface area contributed by atoms with E-state index >= 15 is 0 Å². The Morgan fingerprint density at radius 2 is 2.20 bits per heavy atom. The molecule has 0 aliphatic carbocycles. The topological polar surface area (TPSA) is 45.8 Å². The number of aryl methyl sites for hydroxylation is 2. The summed E-state index contributed by atoms with van der Waals surface area (Å²) in [4.78, 5) is 21.3. The van der Waals surface area contributed by atoms with E-state index in [1.165, 1.54) is 23.5 Å². The molecule has 3 nitrogen and oxygen atoms in total. The number of nitrogens with zero attached hydrogens (tertiary/aromatic N) is 1. The third kappa shape index (κ3) is 2.04. The first kappa shape index (κ1) is 13.0. The number of fused-ring (bicyclic) bond motifs is 1. The average Bonchev–Trinajstić information content (AvgIpc) is 2.74. The molecule has 0 spiro atoms. The van der Waals surface area contributed by atoms with Gasteiger partial charge in [0.1, 0.15) is 16.5 Å². The molecule has 20 heavy (non-hydrogen) atoms. The molecule has 0 fully saturated rings. The summed E-state index contributed by atoms with van der Waals surface area (Å²) in [6, 6.07) is 6.07.